The van der Waals surface area contributed by atoms with Gasteiger partial charge in [-0.15, -0.1) is 45.3 Å². The Hall–Kier alpha value is -1.43. The van der Waals surface area contributed by atoms with E-state index >= 15 is 0 Å². The van der Waals surface area contributed by atoms with Gasteiger partial charge in [-0.1, -0.05) is 64.5 Å². The predicted molar refractivity (Wildman–Crippen MR) is 268 cm³/mol. The molecule has 64 heavy (non-hydrogen) atoms. The van der Waals surface area contributed by atoms with E-state index < -0.39 is 18.9 Å². The van der Waals surface area contributed by atoms with Crippen molar-refractivity contribution in [3.8, 4) is 19.5 Å². The molecule has 4 saturated heterocycles. The Kier molecular flexibility index (Phi) is 18.1. The van der Waals surface area contributed by atoms with Crippen LogP contribution in [0.5, 0.6) is 0 Å². The Morgan fingerprint density at radius 1 is 0.531 bits per heavy atom. The molecule has 0 spiro atoms. The molecule has 0 saturated carbocycles. The molecule has 0 aliphatic carbocycles. The molecule has 4 aliphatic rings. The minimum absolute atomic E-state index is 0.120. The van der Waals surface area contributed by atoms with Crippen LogP contribution in [-0.4, -0.2) is 69.4 Å². The lowest BCUT2D eigenvalue weighted by molar-refractivity contribution is -0.169. The van der Waals surface area contributed by atoms with Gasteiger partial charge in [0.1, 0.15) is 0 Å². The first-order chi connectivity index (χ1) is 30.3. The van der Waals surface area contributed by atoms with Crippen LogP contribution in [0.15, 0.2) is 53.9 Å². The lowest BCUT2D eigenvalue weighted by Gasteiger charge is -2.32. The summed E-state index contributed by atoms with van der Waals surface area (Å²) in [4.78, 5) is 7.51. The van der Waals surface area contributed by atoms with Crippen molar-refractivity contribution in [2.24, 2.45) is 0 Å². The van der Waals surface area contributed by atoms with Crippen LogP contribution in [0.1, 0.15) is 157 Å². The fourth-order valence-corrected chi connectivity index (χ4v) is 11.9. The third-order valence-corrected chi connectivity index (χ3v) is 17.7. The first-order valence-corrected chi connectivity index (χ1v) is 26.9. The van der Waals surface area contributed by atoms with E-state index in [0.29, 0.717) is 26.4 Å². The van der Waals surface area contributed by atoms with Gasteiger partial charge in [0.05, 0.1) is 58.6 Å². The molecule has 15 heteroatoms. The molecule has 354 valence electrons. The van der Waals surface area contributed by atoms with E-state index in [1.165, 1.54) is 74.2 Å². The Bertz CT molecular complexity index is 1960. The van der Waals surface area contributed by atoms with Gasteiger partial charge in [0.25, 0.3) is 0 Å². The summed E-state index contributed by atoms with van der Waals surface area (Å²) in [6, 6.07) is 17.3. The maximum Gasteiger partial charge on any atom is 0.640 e. The first kappa shape index (κ1) is 52.0. The molecule has 0 amide bonds. The van der Waals surface area contributed by atoms with Gasteiger partial charge in [0, 0.05) is 43.2 Å². The molecule has 0 N–H and O–H groups in total. The highest BCUT2D eigenvalue weighted by Gasteiger charge is 2.54. The highest BCUT2D eigenvalue weighted by molar-refractivity contribution is 7.28. The van der Waals surface area contributed by atoms with E-state index in [1.54, 1.807) is 34.0 Å². The molecular formula is C49H74B2O9S4. The van der Waals surface area contributed by atoms with Crippen LogP contribution in [0.2, 0.25) is 0 Å². The summed E-state index contributed by atoms with van der Waals surface area (Å²) >= 11 is 7.12. The number of thiophene rings is 4. The first-order valence-electron chi connectivity index (χ1n) is 23.6. The zero-order valence-electron chi connectivity index (χ0n) is 40.6. The van der Waals surface area contributed by atoms with E-state index in [1.807, 2.05) is 52.9 Å². The molecule has 4 aromatic rings. The van der Waals surface area contributed by atoms with E-state index in [4.69, 9.17) is 42.2 Å². The van der Waals surface area contributed by atoms with Gasteiger partial charge < -0.3 is 42.2 Å². The van der Waals surface area contributed by atoms with Crippen molar-refractivity contribution in [2.45, 2.75) is 187 Å². The quantitative estimate of drug-likeness (QED) is 0.0759. The van der Waals surface area contributed by atoms with Crippen molar-refractivity contribution < 1.29 is 42.2 Å². The maximum atomic E-state index is 6.22. The van der Waals surface area contributed by atoms with Crippen molar-refractivity contribution in [3.05, 3.63) is 63.7 Å². The van der Waals surface area contributed by atoms with E-state index in [0.717, 1.165) is 24.0 Å². The van der Waals surface area contributed by atoms with Crippen molar-refractivity contribution >= 4 is 64.6 Å². The Morgan fingerprint density at radius 3 is 1.41 bits per heavy atom. The van der Waals surface area contributed by atoms with Gasteiger partial charge in [-0.3, -0.25) is 0 Å². The van der Waals surface area contributed by atoms with Gasteiger partial charge in [-0.05, 0) is 124 Å². The number of unbranched alkanes of at least 4 members (excludes halogenated alkanes) is 6. The average Bonchev–Trinajstić information content (AvgIpc) is 4.07. The molecule has 0 radical (unpaired) electrons. The molecule has 8 rings (SSSR count). The molecule has 0 bridgehead atoms. The SMILES string of the molecule is CC(C)OB1OC(C)(C)C(C)(C)O1.CCCCCCC1(c2ccc(-c3ccc(B4OC(C)(C)C(C)(C)O4)s3)s2)OCCO1.CCCCCCC1(c2ccc(-c3cccs3)s2)OCCO1. The van der Waals surface area contributed by atoms with Crippen LogP contribution < -0.4 is 4.78 Å². The Morgan fingerprint density at radius 2 is 0.969 bits per heavy atom. The van der Waals surface area contributed by atoms with Gasteiger partial charge in [-0.2, -0.15) is 0 Å². The lowest BCUT2D eigenvalue weighted by Crippen LogP contribution is -2.41. The zero-order valence-corrected chi connectivity index (χ0v) is 43.9. The van der Waals surface area contributed by atoms with E-state index in [9.17, 15) is 0 Å². The minimum Gasteiger partial charge on any atom is -0.399 e. The van der Waals surface area contributed by atoms with Crippen LogP contribution in [0.3, 0.4) is 0 Å². The summed E-state index contributed by atoms with van der Waals surface area (Å²) in [5.41, 5.74) is -1.24. The number of hydrogen-bond acceptors (Lipinski definition) is 13. The number of ether oxygens (including phenoxy) is 4. The topological polar surface area (TPSA) is 83.1 Å². The zero-order chi connectivity index (χ0) is 46.2. The third-order valence-electron chi connectivity index (χ3n) is 12.9. The fourth-order valence-electron chi connectivity index (χ4n) is 7.70. The minimum atomic E-state index is -0.553. The summed E-state index contributed by atoms with van der Waals surface area (Å²) in [7, 11) is -0.829. The van der Waals surface area contributed by atoms with Crippen LogP contribution in [0, 0.1) is 0 Å². The second-order valence-corrected chi connectivity index (χ2v) is 23.6. The molecule has 0 aromatic carbocycles. The second-order valence-electron chi connectivity index (χ2n) is 19.3. The molecule has 9 nitrogen and oxygen atoms in total. The van der Waals surface area contributed by atoms with Crippen LogP contribution in [-0.2, 0) is 53.8 Å². The monoisotopic (exact) mass is 956 g/mol. The molecule has 4 aromatic heterocycles. The highest BCUT2D eigenvalue weighted by atomic mass is 32.1. The standard InChI is InChI=1S/C23H33BO4S2.C17H22O2S2.C9H19BO3/c1-6-7-8-9-14-23(25-15-16-26-23)19-12-10-17(29-19)18-11-13-20(30-18)24-27-21(2,3)22(4,5)28-24;1-2-3-4-5-10-17(18-11-12-19-17)16-9-8-15(21-16)14-7-6-13-20-14;1-7(2)11-10-12-8(3,4)9(5,6)13-10/h10-13H,6-9,14-16H2,1-5H3;6-9,13H,2-5,10-12H2,1H3;7H,1-6H3. The maximum absolute atomic E-state index is 6.22. The van der Waals surface area contributed by atoms with E-state index in [-0.39, 0.29) is 35.6 Å². The third kappa shape index (κ3) is 12.6. The van der Waals surface area contributed by atoms with Crippen molar-refractivity contribution in [2.75, 3.05) is 26.4 Å². The fraction of sp³-hybridized carbons (Fsp3) is 0.673. The van der Waals surface area contributed by atoms with Crippen molar-refractivity contribution in [1.82, 2.24) is 0 Å². The number of rotatable bonds is 17. The van der Waals surface area contributed by atoms with E-state index in [2.05, 4.69) is 95.5 Å². The van der Waals surface area contributed by atoms with Crippen molar-refractivity contribution in [1.29, 1.82) is 0 Å². The van der Waals surface area contributed by atoms with Crippen molar-refractivity contribution in [3.63, 3.8) is 0 Å². The van der Waals surface area contributed by atoms with Crippen LogP contribution in [0.25, 0.3) is 19.5 Å². The summed E-state index contributed by atoms with van der Waals surface area (Å²) in [6.07, 6.45) is 11.9. The smallest absolute Gasteiger partial charge is 0.399 e. The molecule has 8 heterocycles. The Labute approximate surface area is 401 Å². The number of hydrogen-bond donors (Lipinski definition) is 0. The molecule has 4 aliphatic heterocycles. The van der Waals surface area contributed by atoms with Gasteiger partial charge >= 0.3 is 14.4 Å². The largest absolute Gasteiger partial charge is 0.640 e. The van der Waals surface area contributed by atoms with Crippen LogP contribution in [0.4, 0.5) is 0 Å². The predicted octanol–water partition coefficient (Wildman–Crippen LogP) is 13.6. The second kappa shape index (κ2) is 22.3. The molecular weight excluding hydrogens is 882 g/mol. The summed E-state index contributed by atoms with van der Waals surface area (Å²) in [5, 5.41) is 2.12. The highest BCUT2D eigenvalue weighted by Crippen LogP contribution is 2.45. The van der Waals surface area contributed by atoms with Gasteiger partial charge in [-0.25, -0.2) is 0 Å². The van der Waals surface area contributed by atoms with Gasteiger partial charge in [0.2, 0.25) is 11.6 Å². The normalized spacial score (nSPS) is 21.3. The Balaban J connectivity index is 0.000000174. The average molecular weight is 957 g/mol. The summed E-state index contributed by atoms with van der Waals surface area (Å²) in [5.74, 6) is -1.03. The summed E-state index contributed by atoms with van der Waals surface area (Å²) in [6.45, 7) is 27.6. The molecule has 0 unspecified atom stereocenters. The molecule has 4 fully saturated rings. The lowest BCUT2D eigenvalue weighted by atomic mass is 9.88. The van der Waals surface area contributed by atoms with Gasteiger partial charge in [0.15, 0.2) is 0 Å². The molecule has 0 atom stereocenters. The summed E-state index contributed by atoms with van der Waals surface area (Å²) < 4.78 is 54.6. The van der Waals surface area contributed by atoms with Crippen LogP contribution >= 0.6 is 45.3 Å².